The Labute approximate surface area is 121 Å². The number of alkyl halides is 3. The molecule has 0 spiro atoms. The Morgan fingerprint density at radius 3 is 2.80 bits per heavy atom. The third kappa shape index (κ3) is 3.58. The van der Waals surface area contributed by atoms with Crippen molar-refractivity contribution in [3.05, 3.63) is 28.8 Å². The highest BCUT2D eigenvalue weighted by Gasteiger charge is 2.34. The van der Waals surface area contributed by atoms with Crippen LogP contribution in [0.25, 0.3) is 0 Å². The first kappa shape index (κ1) is 15.4. The number of hydrogen-bond donors (Lipinski definition) is 1. The van der Waals surface area contributed by atoms with Gasteiger partial charge in [-0.25, -0.2) is 0 Å². The Bertz CT molecular complexity index is 460. The molecular formula is C14H18ClF3N2. The van der Waals surface area contributed by atoms with Crippen LogP contribution >= 0.6 is 11.6 Å². The summed E-state index contributed by atoms with van der Waals surface area (Å²) in [7, 11) is 0. The van der Waals surface area contributed by atoms with Crippen LogP contribution in [0.2, 0.25) is 5.02 Å². The van der Waals surface area contributed by atoms with Crippen LogP contribution in [0.15, 0.2) is 18.2 Å². The summed E-state index contributed by atoms with van der Waals surface area (Å²) in [5, 5.41) is 3.14. The van der Waals surface area contributed by atoms with Crippen molar-refractivity contribution < 1.29 is 13.2 Å². The van der Waals surface area contributed by atoms with Gasteiger partial charge < -0.3 is 10.2 Å². The summed E-state index contributed by atoms with van der Waals surface area (Å²) in [4.78, 5) is 1.99. The number of halogens is 4. The van der Waals surface area contributed by atoms with Gasteiger partial charge in [0.1, 0.15) is 0 Å². The van der Waals surface area contributed by atoms with E-state index in [4.69, 9.17) is 11.6 Å². The Kier molecular flexibility index (Phi) is 4.81. The predicted octanol–water partition coefficient (Wildman–Crippen LogP) is 3.94. The fourth-order valence-electron chi connectivity index (χ4n) is 2.53. The number of benzene rings is 1. The van der Waals surface area contributed by atoms with E-state index in [1.165, 1.54) is 6.07 Å². The molecule has 0 amide bonds. The summed E-state index contributed by atoms with van der Waals surface area (Å²) in [6.07, 6.45) is -2.33. The normalized spacial score (nSPS) is 20.2. The molecule has 0 bridgehead atoms. The number of piperazine rings is 1. The van der Waals surface area contributed by atoms with Gasteiger partial charge in [-0.3, -0.25) is 0 Å². The lowest BCUT2D eigenvalue weighted by molar-refractivity contribution is -0.137. The SMILES string of the molecule is CCCC1CN(c2ccc(Cl)c(C(F)(F)F)c2)CCN1. The van der Waals surface area contributed by atoms with Crippen molar-refractivity contribution in [3.8, 4) is 0 Å². The van der Waals surface area contributed by atoms with Crippen LogP contribution in [0.5, 0.6) is 0 Å². The number of nitrogens with zero attached hydrogens (tertiary/aromatic N) is 1. The minimum absolute atomic E-state index is 0.249. The van der Waals surface area contributed by atoms with Crippen LogP contribution in [0, 0.1) is 0 Å². The number of hydrogen-bond acceptors (Lipinski definition) is 2. The zero-order valence-corrected chi connectivity index (χ0v) is 12.1. The van der Waals surface area contributed by atoms with E-state index in [1.807, 2.05) is 4.90 Å². The quantitative estimate of drug-likeness (QED) is 0.910. The van der Waals surface area contributed by atoms with Crippen molar-refractivity contribution >= 4 is 17.3 Å². The van der Waals surface area contributed by atoms with Crippen LogP contribution in [0.1, 0.15) is 25.3 Å². The van der Waals surface area contributed by atoms with Gasteiger partial charge in [0.05, 0.1) is 10.6 Å². The summed E-state index contributed by atoms with van der Waals surface area (Å²) in [6.45, 7) is 4.32. The highest BCUT2D eigenvalue weighted by Crippen LogP contribution is 2.37. The van der Waals surface area contributed by atoms with E-state index < -0.39 is 11.7 Å². The van der Waals surface area contributed by atoms with E-state index >= 15 is 0 Å². The van der Waals surface area contributed by atoms with Gasteiger partial charge in [-0.15, -0.1) is 0 Å². The number of rotatable bonds is 3. The Balaban J connectivity index is 2.20. The predicted molar refractivity (Wildman–Crippen MR) is 75.4 cm³/mol. The van der Waals surface area contributed by atoms with Crippen LogP contribution in [-0.2, 0) is 6.18 Å². The maximum absolute atomic E-state index is 12.9. The smallest absolute Gasteiger partial charge is 0.369 e. The zero-order valence-electron chi connectivity index (χ0n) is 11.3. The fourth-order valence-corrected chi connectivity index (χ4v) is 2.75. The molecule has 112 valence electrons. The maximum atomic E-state index is 12.9. The molecule has 1 N–H and O–H groups in total. The molecule has 1 heterocycles. The van der Waals surface area contributed by atoms with Gasteiger partial charge in [0, 0.05) is 31.4 Å². The van der Waals surface area contributed by atoms with E-state index in [2.05, 4.69) is 12.2 Å². The molecule has 1 atom stereocenters. The fraction of sp³-hybridized carbons (Fsp3) is 0.571. The first-order valence-corrected chi connectivity index (χ1v) is 7.14. The van der Waals surface area contributed by atoms with Crippen molar-refractivity contribution in [3.63, 3.8) is 0 Å². The van der Waals surface area contributed by atoms with E-state index in [0.29, 0.717) is 18.3 Å². The highest BCUT2D eigenvalue weighted by molar-refractivity contribution is 6.31. The molecule has 1 aliphatic rings. The van der Waals surface area contributed by atoms with Gasteiger partial charge in [0.15, 0.2) is 0 Å². The van der Waals surface area contributed by atoms with Crippen molar-refractivity contribution in [2.24, 2.45) is 0 Å². The van der Waals surface area contributed by atoms with Crippen LogP contribution < -0.4 is 10.2 Å². The summed E-state index contributed by atoms with van der Waals surface area (Å²) in [6, 6.07) is 4.47. The van der Waals surface area contributed by atoms with Gasteiger partial charge >= 0.3 is 6.18 Å². The molecule has 2 nitrogen and oxygen atoms in total. The van der Waals surface area contributed by atoms with Crippen molar-refractivity contribution in [2.45, 2.75) is 32.0 Å². The molecule has 1 aliphatic heterocycles. The molecule has 6 heteroatoms. The van der Waals surface area contributed by atoms with E-state index in [-0.39, 0.29) is 5.02 Å². The Morgan fingerprint density at radius 2 is 2.15 bits per heavy atom. The molecule has 1 fully saturated rings. The first-order chi connectivity index (χ1) is 9.41. The minimum atomic E-state index is -4.41. The average molecular weight is 307 g/mol. The van der Waals surface area contributed by atoms with E-state index in [0.717, 1.165) is 32.0 Å². The second-order valence-corrected chi connectivity index (χ2v) is 5.45. The zero-order chi connectivity index (χ0) is 14.8. The largest absolute Gasteiger partial charge is 0.417 e. The molecule has 20 heavy (non-hydrogen) atoms. The average Bonchev–Trinajstić information content (AvgIpc) is 2.38. The van der Waals surface area contributed by atoms with Crippen molar-refractivity contribution in [1.29, 1.82) is 0 Å². The molecule has 0 aromatic heterocycles. The summed E-state index contributed by atoms with van der Waals surface area (Å²) in [5.41, 5.74) is -0.174. The highest BCUT2D eigenvalue weighted by atomic mass is 35.5. The topological polar surface area (TPSA) is 15.3 Å². The molecular weight excluding hydrogens is 289 g/mol. The Hall–Kier alpha value is -0.940. The van der Waals surface area contributed by atoms with Gasteiger partial charge in [-0.1, -0.05) is 24.9 Å². The van der Waals surface area contributed by atoms with Crippen molar-refractivity contribution in [2.75, 3.05) is 24.5 Å². The molecule has 2 rings (SSSR count). The van der Waals surface area contributed by atoms with Gasteiger partial charge in [0.25, 0.3) is 0 Å². The van der Waals surface area contributed by atoms with Crippen LogP contribution in [0.3, 0.4) is 0 Å². The lowest BCUT2D eigenvalue weighted by atomic mass is 10.1. The second-order valence-electron chi connectivity index (χ2n) is 5.05. The molecule has 1 aromatic rings. The van der Waals surface area contributed by atoms with Gasteiger partial charge in [0.2, 0.25) is 0 Å². The van der Waals surface area contributed by atoms with Gasteiger partial charge in [-0.2, -0.15) is 13.2 Å². The number of anilines is 1. The Morgan fingerprint density at radius 1 is 1.40 bits per heavy atom. The standard InChI is InChI=1S/C14H18ClF3N2/c1-2-3-10-9-20(7-6-19-10)11-4-5-13(15)12(8-11)14(16,17)18/h4-5,8,10,19H,2-3,6-7,9H2,1H3. The van der Waals surface area contributed by atoms with Crippen LogP contribution in [0.4, 0.5) is 18.9 Å². The van der Waals surface area contributed by atoms with Gasteiger partial charge in [-0.05, 0) is 24.6 Å². The maximum Gasteiger partial charge on any atom is 0.417 e. The minimum Gasteiger partial charge on any atom is -0.369 e. The summed E-state index contributed by atoms with van der Waals surface area (Å²) < 4.78 is 38.6. The monoisotopic (exact) mass is 306 g/mol. The molecule has 0 aliphatic carbocycles. The van der Waals surface area contributed by atoms with E-state index in [1.54, 1.807) is 6.07 Å². The van der Waals surface area contributed by atoms with Crippen molar-refractivity contribution in [1.82, 2.24) is 5.32 Å². The third-order valence-corrected chi connectivity index (χ3v) is 3.84. The second kappa shape index (κ2) is 6.22. The molecule has 1 unspecified atom stereocenters. The molecule has 1 aromatic carbocycles. The van der Waals surface area contributed by atoms with E-state index in [9.17, 15) is 13.2 Å². The number of nitrogens with one attached hydrogen (secondary N) is 1. The molecule has 0 radical (unpaired) electrons. The third-order valence-electron chi connectivity index (χ3n) is 3.51. The molecule has 0 saturated carbocycles. The lowest BCUT2D eigenvalue weighted by Crippen LogP contribution is -2.50. The molecule has 1 saturated heterocycles. The van der Waals surface area contributed by atoms with Crippen LogP contribution in [-0.4, -0.2) is 25.7 Å². The first-order valence-electron chi connectivity index (χ1n) is 6.77. The lowest BCUT2D eigenvalue weighted by Gasteiger charge is -2.35. The summed E-state index contributed by atoms with van der Waals surface area (Å²) >= 11 is 5.65. The summed E-state index contributed by atoms with van der Waals surface area (Å²) in [5.74, 6) is 0.